The van der Waals surface area contributed by atoms with Crippen LogP contribution in [-0.4, -0.2) is 0 Å². The van der Waals surface area contributed by atoms with E-state index in [-0.39, 0.29) is 0 Å². The zero-order valence-corrected chi connectivity index (χ0v) is 27.3. The van der Waals surface area contributed by atoms with Crippen LogP contribution in [0.4, 0.5) is 11.4 Å². The molecule has 228 valence electrons. The summed E-state index contributed by atoms with van der Waals surface area (Å²) in [7, 11) is 0. The van der Waals surface area contributed by atoms with E-state index < -0.39 is 0 Å². The number of allylic oxidation sites excluding steroid dienone is 3. The molecule has 1 aliphatic rings. The molecule has 0 saturated carbocycles. The SMILES string of the molecule is C1=CC(c2ccccc2)CC=C1N(c1ccc(-c2cccc3c2sc2ccccc23)c(-c2ccccc2)c1)c1cccc2ccccc12. The number of nitrogens with zero attached hydrogens (tertiary/aromatic N) is 1. The average Bonchev–Trinajstić information content (AvgIpc) is 3.55. The molecule has 0 radical (unpaired) electrons. The van der Waals surface area contributed by atoms with Crippen LogP contribution >= 0.6 is 11.3 Å². The maximum absolute atomic E-state index is 2.45. The Labute approximate surface area is 285 Å². The van der Waals surface area contributed by atoms with Crippen molar-refractivity contribution in [3.63, 3.8) is 0 Å². The molecule has 0 N–H and O–H groups in total. The molecule has 0 bridgehead atoms. The van der Waals surface area contributed by atoms with Gasteiger partial charge < -0.3 is 4.90 Å². The third kappa shape index (κ3) is 5.02. The van der Waals surface area contributed by atoms with E-state index in [1.807, 2.05) is 11.3 Å². The third-order valence-electron chi connectivity index (χ3n) is 9.61. The third-order valence-corrected chi connectivity index (χ3v) is 10.8. The van der Waals surface area contributed by atoms with Crippen molar-refractivity contribution in [2.24, 2.45) is 0 Å². The van der Waals surface area contributed by atoms with Crippen LogP contribution in [0.1, 0.15) is 17.9 Å². The number of hydrogen-bond donors (Lipinski definition) is 0. The quantitative estimate of drug-likeness (QED) is 0.176. The van der Waals surface area contributed by atoms with Crippen LogP contribution in [0.15, 0.2) is 188 Å². The second kappa shape index (κ2) is 12.2. The van der Waals surface area contributed by atoms with Gasteiger partial charge in [0.1, 0.15) is 0 Å². The Morgan fingerprint density at radius 2 is 1.25 bits per heavy atom. The molecule has 48 heavy (non-hydrogen) atoms. The van der Waals surface area contributed by atoms with E-state index >= 15 is 0 Å². The van der Waals surface area contributed by atoms with Gasteiger partial charge in [0.2, 0.25) is 0 Å². The van der Waals surface area contributed by atoms with E-state index in [9.17, 15) is 0 Å². The predicted octanol–water partition coefficient (Wildman–Crippen LogP) is 13.3. The van der Waals surface area contributed by atoms with Crippen LogP contribution in [0.3, 0.4) is 0 Å². The zero-order valence-electron chi connectivity index (χ0n) is 26.5. The molecule has 8 aromatic rings. The first-order chi connectivity index (χ1) is 23.8. The Bertz CT molecular complexity index is 2480. The Kier molecular flexibility index (Phi) is 7.22. The highest BCUT2D eigenvalue weighted by molar-refractivity contribution is 7.26. The number of benzene rings is 7. The molecule has 1 aliphatic carbocycles. The Morgan fingerprint density at radius 3 is 2.08 bits per heavy atom. The van der Waals surface area contributed by atoms with Gasteiger partial charge in [0.15, 0.2) is 0 Å². The molecule has 7 aromatic carbocycles. The topological polar surface area (TPSA) is 3.24 Å². The summed E-state index contributed by atoms with van der Waals surface area (Å²) in [5.74, 6) is 0.369. The number of hydrogen-bond acceptors (Lipinski definition) is 2. The first-order valence-corrected chi connectivity index (χ1v) is 17.4. The minimum Gasteiger partial charge on any atom is -0.310 e. The average molecular weight is 632 g/mol. The van der Waals surface area contributed by atoms with E-state index in [2.05, 4.69) is 187 Å². The van der Waals surface area contributed by atoms with E-state index in [0.717, 1.165) is 12.1 Å². The molecular formula is C46H33NS. The molecule has 0 saturated heterocycles. The molecule has 2 heteroatoms. The lowest BCUT2D eigenvalue weighted by Gasteiger charge is -2.31. The van der Waals surface area contributed by atoms with Crippen molar-refractivity contribution >= 4 is 53.7 Å². The van der Waals surface area contributed by atoms with Crippen molar-refractivity contribution in [3.05, 3.63) is 193 Å². The van der Waals surface area contributed by atoms with Crippen LogP contribution in [0.5, 0.6) is 0 Å². The van der Waals surface area contributed by atoms with E-state index in [1.54, 1.807) is 0 Å². The van der Waals surface area contributed by atoms with Crippen LogP contribution in [0.2, 0.25) is 0 Å². The molecule has 0 fully saturated rings. The van der Waals surface area contributed by atoms with Gasteiger partial charge in [-0.05, 0) is 64.4 Å². The van der Waals surface area contributed by atoms with Crippen molar-refractivity contribution in [1.29, 1.82) is 0 Å². The zero-order chi connectivity index (χ0) is 31.9. The summed E-state index contributed by atoms with van der Waals surface area (Å²) in [6.45, 7) is 0. The molecule has 9 rings (SSSR count). The van der Waals surface area contributed by atoms with E-state index in [4.69, 9.17) is 0 Å². The maximum atomic E-state index is 2.45. The molecule has 1 heterocycles. The number of rotatable bonds is 6. The summed E-state index contributed by atoms with van der Waals surface area (Å²) in [5.41, 5.74) is 9.83. The Morgan fingerprint density at radius 1 is 0.542 bits per heavy atom. The van der Waals surface area contributed by atoms with Gasteiger partial charge in [-0.2, -0.15) is 0 Å². The largest absolute Gasteiger partial charge is 0.310 e. The van der Waals surface area contributed by atoms with Crippen molar-refractivity contribution in [2.45, 2.75) is 12.3 Å². The smallest absolute Gasteiger partial charge is 0.0539 e. The fraction of sp³-hybridized carbons (Fsp3) is 0.0435. The van der Waals surface area contributed by atoms with Gasteiger partial charge in [0.25, 0.3) is 0 Å². The van der Waals surface area contributed by atoms with Crippen LogP contribution < -0.4 is 4.90 Å². The minimum atomic E-state index is 0.369. The Hall–Kier alpha value is -5.70. The minimum absolute atomic E-state index is 0.369. The van der Waals surface area contributed by atoms with Gasteiger partial charge >= 0.3 is 0 Å². The van der Waals surface area contributed by atoms with Gasteiger partial charge in [0.05, 0.1) is 5.69 Å². The normalized spacial score (nSPS) is 14.4. The molecule has 1 nitrogen and oxygen atoms in total. The summed E-state index contributed by atoms with van der Waals surface area (Å²) >= 11 is 1.89. The highest BCUT2D eigenvalue weighted by Crippen LogP contribution is 2.46. The van der Waals surface area contributed by atoms with Crippen molar-refractivity contribution in [3.8, 4) is 22.3 Å². The highest BCUT2D eigenvalue weighted by Gasteiger charge is 2.22. The summed E-state index contributed by atoms with van der Waals surface area (Å²) in [5, 5.41) is 5.11. The number of thiophene rings is 1. The molecule has 0 aliphatic heterocycles. The highest BCUT2D eigenvalue weighted by atomic mass is 32.1. The van der Waals surface area contributed by atoms with Gasteiger partial charge in [-0.3, -0.25) is 0 Å². The van der Waals surface area contributed by atoms with Gasteiger partial charge in [-0.25, -0.2) is 0 Å². The van der Waals surface area contributed by atoms with Crippen LogP contribution in [0.25, 0.3) is 53.2 Å². The molecular weight excluding hydrogens is 599 g/mol. The predicted molar refractivity (Wildman–Crippen MR) is 207 cm³/mol. The summed E-state index contributed by atoms with van der Waals surface area (Å²) in [4.78, 5) is 2.45. The van der Waals surface area contributed by atoms with Crippen LogP contribution in [0, 0.1) is 0 Å². The monoisotopic (exact) mass is 631 g/mol. The first-order valence-electron chi connectivity index (χ1n) is 16.6. The van der Waals surface area contributed by atoms with Gasteiger partial charge in [0, 0.05) is 48.4 Å². The summed E-state index contributed by atoms with van der Waals surface area (Å²) < 4.78 is 2.66. The van der Waals surface area contributed by atoms with Crippen molar-refractivity contribution < 1.29 is 0 Å². The summed E-state index contributed by atoms with van der Waals surface area (Å²) in [6.07, 6.45) is 8.05. The molecule has 1 unspecified atom stereocenters. The molecule has 1 aromatic heterocycles. The summed E-state index contributed by atoms with van der Waals surface area (Å²) in [6, 6.07) is 59.6. The van der Waals surface area contributed by atoms with Crippen LogP contribution in [-0.2, 0) is 0 Å². The molecule has 1 atom stereocenters. The lowest BCUT2D eigenvalue weighted by Crippen LogP contribution is -2.18. The van der Waals surface area contributed by atoms with Gasteiger partial charge in [-0.1, -0.05) is 152 Å². The van der Waals surface area contributed by atoms with E-state index in [1.165, 1.54) is 70.1 Å². The maximum Gasteiger partial charge on any atom is 0.0539 e. The fourth-order valence-corrected chi connectivity index (χ4v) is 8.51. The van der Waals surface area contributed by atoms with Gasteiger partial charge in [-0.15, -0.1) is 11.3 Å². The number of fused-ring (bicyclic) bond motifs is 4. The first kappa shape index (κ1) is 28.5. The van der Waals surface area contributed by atoms with Crippen molar-refractivity contribution in [2.75, 3.05) is 4.90 Å². The van der Waals surface area contributed by atoms with E-state index in [0.29, 0.717) is 5.92 Å². The lowest BCUT2D eigenvalue weighted by molar-refractivity contribution is 0.840. The number of anilines is 2. The second-order valence-corrected chi connectivity index (χ2v) is 13.5. The van der Waals surface area contributed by atoms with Crippen molar-refractivity contribution in [1.82, 2.24) is 0 Å². The second-order valence-electron chi connectivity index (χ2n) is 12.5. The lowest BCUT2D eigenvalue weighted by atomic mass is 9.90. The fourth-order valence-electron chi connectivity index (χ4n) is 7.27. The standard InChI is InChI=1S/C46H33NS/c1-3-13-32(14-4-1)33-25-27-36(28-26-33)47(44-23-11-18-34-17-7-8-19-38(34)44)37-29-30-39(43(31-37)35-15-5-2-6-16-35)41-21-12-22-42-40-20-9-10-24-45(40)48-46(41)42/h1-25,27-31,33H,26H2. The molecule has 0 amide bonds. The molecule has 0 spiro atoms. The Balaban J connectivity index is 1.24.